The molecule has 2 aromatic carbocycles. The van der Waals surface area contributed by atoms with Crippen LogP contribution in [0.1, 0.15) is 18.6 Å². The van der Waals surface area contributed by atoms with Crippen LogP contribution < -0.4 is 0 Å². The highest BCUT2D eigenvalue weighted by molar-refractivity contribution is 14.1. The predicted molar refractivity (Wildman–Crippen MR) is 102 cm³/mol. The highest BCUT2D eigenvalue weighted by Crippen LogP contribution is 2.45. The maximum atomic E-state index is 12.1. The van der Waals surface area contributed by atoms with E-state index in [4.69, 9.17) is 0 Å². The van der Waals surface area contributed by atoms with Gasteiger partial charge in [0.05, 0.1) is 0 Å². The summed E-state index contributed by atoms with van der Waals surface area (Å²) in [5.41, 5.74) is 2.65. The Morgan fingerprint density at radius 3 is 2.09 bits per heavy atom. The van der Waals surface area contributed by atoms with E-state index in [0.29, 0.717) is 5.56 Å². The summed E-state index contributed by atoms with van der Waals surface area (Å²) in [6.07, 6.45) is -1.15. The molecule has 0 spiro atoms. The molecule has 0 heterocycles. The molecule has 0 radical (unpaired) electrons. The number of benzene rings is 2. The fraction of sp³-hybridized carbons (Fsp3) is 0.250. The molecular weight excluding hydrogens is 479 g/mol. The van der Waals surface area contributed by atoms with Crippen LogP contribution in [0.2, 0.25) is 0 Å². The molecule has 0 aromatic heterocycles. The minimum absolute atomic E-state index is 0.0413. The van der Waals surface area contributed by atoms with Crippen LogP contribution in [0, 0.1) is 0 Å². The van der Waals surface area contributed by atoms with Crippen LogP contribution in [0.25, 0.3) is 11.1 Å². The van der Waals surface area contributed by atoms with Gasteiger partial charge < -0.3 is 5.11 Å². The molecule has 0 saturated carbocycles. The van der Waals surface area contributed by atoms with E-state index in [1.807, 2.05) is 42.5 Å². The molecule has 0 amide bonds. The summed E-state index contributed by atoms with van der Waals surface area (Å²) in [5.74, 6) is -0.0413. The van der Waals surface area contributed by atoms with E-state index in [9.17, 15) is 13.5 Å². The van der Waals surface area contributed by atoms with E-state index in [2.05, 4.69) is 15.9 Å². The van der Waals surface area contributed by atoms with Gasteiger partial charge in [-0.3, -0.25) is 0 Å². The lowest BCUT2D eigenvalue weighted by Crippen LogP contribution is -2.33. The molecule has 0 unspecified atom stereocenters. The van der Waals surface area contributed by atoms with E-state index in [0.717, 1.165) is 11.1 Å². The number of alkyl halides is 2. The second-order valence-corrected chi connectivity index (χ2v) is 13.0. The zero-order valence-corrected chi connectivity index (χ0v) is 16.5. The molecule has 6 heteroatoms. The van der Waals surface area contributed by atoms with Crippen LogP contribution in [0.5, 0.6) is 0 Å². The van der Waals surface area contributed by atoms with Crippen LogP contribution in [0.3, 0.4) is 0 Å². The van der Waals surface area contributed by atoms with Crippen molar-refractivity contribution in [2.75, 3.05) is 5.75 Å². The molecule has 2 aromatic rings. The molecular formula is C16H16BrIO3S. The second-order valence-electron chi connectivity index (χ2n) is 4.86. The minimum Gasteiger partial charge on any atom is -0.385 e. The van der Waals surface area contributed by atoms with Crippen molar-refractivity contribution < 1.29 is 13.5 Å². The first-order valence-corrected chi connectivity index (χ1v) is 10.3. The van der Waals surface area contributed by atoms with Crippen molar-refractivity contribution in [3.8, 4) is 11.1 Å². The number of hydrogen-bond acceptors (Lipinski definition) is 3. The molecule has 0 aliphatic carbocycles. The summed E-state index contributed by atoms with van der Waals surface area (Å²) in [7, 11) is -3.45. The van der Waals surface area contributed by atoms with Crippen LogP contribution in [-0.2, 0) is 9.84 Å². The Hall–Kier alpha value is -0.440. The summed E-state index contributed by atoms with van der Waals surface area (Å²) in [6.45, 7) is 1.56. The first-order chi connectivity index (χ1) is 10.3. The van der Waals surface area contributed by atoms with E-state index >= 15 is 0 Å². The Morgan fingerprint density at radius 2 is 1.59 bits per heavy atom. The SMILES string of the molecule is CCS(=O)(=O)[C@@](Br)(I)[C@H](O)c1ccc(-c2ccccc2)cc1. The summed E-state index contributed by atoms with van der Waals surface area (Å²) >= 11 is 4.92. The molecule has 118 valence electrons. The number of hydrogen-bond donors (Lipinski definition) is 1. The quantitative estimate of drug-likeness (QED) is 0.498. The molecule has 2 rings (SSSR count). The van der Waals surface area contributed by atoms with Crippen molar-refractivity contribution in [3.05, 3.63) is 60.2 Å². The largest absolute Gasteiger partial charge is 0.385 e. The number of aliphatic hydroxyl groups excluding tert-OH is 1. The summed E-state index contributed by atoms with van der Waals surface area (Å²) in [4.78, 5) is 0. The highest BCUT2D eigenvalue weighted by Gasteiger charge is 2.45. The second kappa shape index (κ2) is 6.98. The molecule has 0 fully saturated rings. The molecule has 3 nitrogen and oxygen atoms in total. The van der Waals surface area contributed by atoms with Gasteiger partial charge in [0.1, 0.15) is 6.10 Å². The summed E-state index contributed by atoms with van der Waals surface area (Å²) in [5, 5.41) is 10.4. The van der Waals surface area contributed by atoms with Gasteiger partial charge in [0, 0.05) is 5.75 Å². The van der Waals surface area contributed by atoms with Gasteiger partial charge in [-0.25, -0.2) is 8.42 Å². The number of aliphatic hydroxyl groups is 1. The molecule has 0 aliphatic heterocycles. The molecule has 0 bridgehead atoms. The van der Waals surface area contributed by atoms with E-state index in [1.165, 1.54) is 0 Å². The van der Waals surface area contributed by atoms with E-state index in [-0.39, 0.29) is 5.75 Å². The molecule has 0 aliphatic rings. The smallest absolute Gasteiger partial charge is 0.207 e. The third-order valence-electron chi connectivity index (χ3n) is 3.45. The van der Waals surface area contributed by atoms with Crippen molar-refractivity contribution in [1.82, 2.24) is 0 Å². The fourth-order valence-electron chi connectivity index (χ4n) is 2.05. The normalized spacial score (nSPS) is 16.0. The van der Waals surface area contributed by atoms with Gasteiger partial charge in [-0.15, -0.1) is 0 Å². The van der Waals surface area contributed by atoms with Crippen molar-refractivity contribution in [3.63, 3.8) is 0 Å². The average molecular weight is 495 g/mol. The average Bonchev–Trinajstić information content (AvgIpc) is 2.55. The maximum absolute atomic E-state index is 12.1. The van der Waals surface area contributed by atoms with E-state index < -0.39 is 17.6 Å². The maximum Gasteiger partial charge on any atom is 0.207 e. The van der Waals surface area contributed by atoms with Gasteiger partial charge in [-0.1, -0.05) is 77.5 Å². The lowest BCUT2D eigenvalue weighted by Gasteiger charge is -2.26. The molecule has 1 N–H and O–H groups in total. The highest BCUT2D eigenvalue weighted by atomic mass is 127. The Kier molecular flexibility index (Phi) is 5.68. The van der Waals surface area contributed by atoms with Crippen molar-refractivity contribution >= 4 is 48.4 Å². The van der Waals surface area contributed by atoms with Gasteiger partial charge >= 0.3 is 0 Å². The molecule has 2 atom stereocenters. The topological polar surface area (TPSA) is 54.4 Å². The third kappa shape index (κ3) is 3.55. The van der Waals surface area contributed by atoms with Crippen molar-refractivity contribution in [2.24, 2.45) is 0 Å². The van der Waals surface area contributed by atoms with Gasteiger partial charge in [-0.2, -0.15) is 0 Å². The standard InChI is InChI=1S/C16H16BrIO3S/c1-2-22(20,21)16(17,18)15(19)14-10-8-13(9-11-14)12-6-4-3-5-7-12/h3-11,15,19H,2H2,1H3/t15-,16+/m1/s1. The van der Waals surface area contributed by atoms with Crippen molar-refractivity contribution in [2.45, 2.75) is 14.7 Å². The Labute approximate surface area is 152 Å². The van der Waals surface area contributed by atoms with Crippen LogP contribution in [0.4, 0.5) is 0 Å². The predicted octanol–water partition coefficient (Wildman–Crippen LogP) is 4.31. The van der Waals surface area contributed by atoms with Gasteiger partial charge in [0.15, 0.2) is 9.84 Å². The van der Waals surface area contributed by atoms with Crippen LogP contribution in [0.15, 0.2) is 54.6 Å². The Bertz CT molecular complexity index is 728. The van der Waals surface area contributed by atoms with Gasteiger partial charge in [0.2, 0.25) is 1.66 Å². The minimum atomic E-state index is -3.45. The summed E-state index contributed by atoms with van der Waals surface area (Å²) in [6, 6.07) is 17.1. The monoisotopic (exact) mass is 494 g/mol. The number of rotatable bonds is 5. The third-order valence-corrected chi connectivity index (χ3v) is 9.78. The van der Waals surface area contributed by atoms with Gasteiger partial charge in [0.25, 0.3) is 0 Å². The number of halogens is 2. The zero-order chi connectivity index (χ0) is 16.4. The Morgan fingerprint density at radius 1 is 1.09 bits per heavy atom. The molecule has 22 heavy (non-hydrogen) atoms. The van der Waals surface area contributed by atoms with Crippen LogP contribution in [-0.4, -0.2) is 20.9 Å². The van der Waals surface area contributed by atoms with E-state index in [1.54, 1.807) is 41.6 Å². The Balaban J connectivity index is 2.31. The summed E-state index contributed by atoms with van der Waals surface area (Å²) < 4.78 is 22.8. The molecule has 0 saturated heterocycles. The lowest BCUT2D eigenvalue weighted by atomic mass is 10.0. The number of sulfone groups is 1. The first-order valence-electron chi connectivity index (χ1n) is 6.73. The van der Waals surface area contributed by atoms with Gasteiger partial charge in [-0.05, 0) is 39.3 Å². The zero-order valence-electron chi connectivity index (χ0n) is 11.9. The van der Waals surface area contributed by atoms with Crippen molar-refractivity contribution in [1.29, 1.82) is 0 Å². The first kappa shape index (κ1) is 17.9. The van der Waals surface area contributed by atoms with Crippen LogP contribution >= 0.6 is 38.5 Å². The fourth-order valence-corrected chi connectivity index (χ4v) is 5.15. The lowest BCUT2D eigenvalue weighted by molar-refractivity contribution is 0.191.